The molecule has 0 radical (unpaired) electrons. The Morgan fingerprint density at radius 3 is 2.39 bits per heavy atom. The van der Waals surface area contributed by atoms with Crippen molar-refractivity contribution in [3.05, 3.63) is 89.2 Å². The number of amides is 1. The standard InChI is InChI=1S/C24H19F3N2O2/c1-14-13-18(15(2)29(14)20-10-6-5-9-19(20)24(25,26)27)23(31)28-22-17-8-4-3-7-16(17)11-12-21(22)30/h3-13,30H,1-2H3,(H,28,31). The van der Waals surface area contributed by atoms with E-state index < -0.39 is 17.6 Å². The molecule has 31 heavy (non-hydrogen) atoms. The van der Waals surface area contributed by atoms with Crippen LogP contribution in [0.1, 0.15) is 27.3 Å². The molecule has 0 aliphatic carbocycles. The Morgan fingerprint density at radius 1 is 0.968 bits per heavy atom. The van der Waals surface area contributed by atoms with E-state index in [1.54, 1.807) is 38.1 Å². The summed E-state index contributed by atoms with van der Waals surface area (Å²) in [6.07, 6.45) is -4.53. The minimum absolute atomic E-state index is 0.0444. The first kappa shape index (κ1) is 20.5. The van der Waals surface area contributed by atoms with Gasteiger partial charge in [-0.2, -0.15) is 13.2 Å². The number of aryl methyl sites for hydroxylation is 1. The lowest BCUT2D eigenvalue weighted by atomic mass is 10.1. The lowest BCUT2D eigenvalue weighted by molar-refractivity contribution is -0.137. The van der Waals surface area contributed by atoms with Crippen LogP contribution >= 0.6 is 0 Å². The molecule has 1 aromatic heterocycles. The lowest BCUT2D eigenvalue weighted by Crippen LogP contribution is -2.15. The van der Waals surface area contributed by atoms with Gasteiger partial charge in [-0.1, -0.05) is 42.5 Å². The summed E-state index contributed by atoms with van der Waals surface area (Å²) in [4.78, 5) is 13.1. The molecule has 158 valence electrons. The van der Waals surface area contributed by atoms with E-state index in [1.807, 2.05) is 12.1 Å². The molecule has 0 saturated carbocycles. The van der Waals surface area contributed by atoms with Crippen LogP contribution in [-0.4, -0.2) is 15.6 Å². The number of halogens is 3. The molecule has 0 bridgehead atoms. The molecule has 0 atom stereocenters. The van der Waals surface area contributed by atoms with Gasteiger partial charge < -0.3 is 15.0 Å². The summed E-state index contributed by atoms with van der Waals surface area (Å²) in [6, 6.07) is 17.3. The van der Waals surface area contributed by atoms with E-state index in [4.69, 9.17) is 0 Å². The van der Waals surface area contributed by atoms with E-state index in [9.17, 15) is 23.1 Å². The van der Waals surface area contributed by atoms with E-state index in [1.165, 1.54) is 28.8 Å². The fourth-order valence-electron chi connectivity index (χ4n) is 3.84. The zero-order chi connectivity index (χ0) is 22.3. The summed E-state index contributed by atoms with van der Waals surface area (Å²) in [5.74, 6) is -0.612. The largest absolute Gasteiger partial charge is 0.506 e. The number of carbonyl (C=O) groups is 1. The van der Waals surface area contributed by atoms with Gasteiger partial charge in [0.05, 0.1) is 22.5 Å². The number of nitrogens with zero attached hydrogens (tertiary/aromatic N) is 1. The Hall–Kier alpha value is -3.74. The van der Waals surface area contributed by atoms with Crippen molar-refractivity contribution in [3.8, 4) is 11.4 Å². The quantitative estimate of drug-likeness (QED) is 0.384. The summed E-state index contributed by atoms with van der Waals surface area (Å²) in [5.41, 5.74) is 0.505. The zero-order valence-corrected chi connectivity index (χ0v) is 16.8. The number of hydrogen-bond donors (Lipinski definition) is 2. The molecule has 7 heteroatoms. The molecular weight excluding hydrogens is 405 g/mol. The summed E-state index contributed by atoms with van der Waals surface area (Å²) >= 11 is 0. The van der Waals surface area contributed by atoms with Crippen molar-refractivity contribution < 1.29 is 23.1 Å². The topological polar surface area (TPSA) is 54.3 Å². The highest BCUT2D eigenvalue weighted by Crippen LogP contribution is 2.36. The SMILES string of the molecule is Cc1cc(C(=O)Nc2c(O)ccc3ccccc23)c(C)n1-c1ccccc1C(F)(F)F. The van der Waals surface area contributed by atoms with Gasteiger partial charge in [-0.15, -0.1) is 0 Å². The lowest BCUT2D eigenvalue weighted by Gasteiger charge is -2.17. The molecule has 0 aliphatic rings. The number of phenolic OH excluding ortho intramolecular Hbond substituents is 1. The van der Waals surface area contributed by atoms with Crippen LogP contribution in [0.2, 0.25) is 0 Å². The molecule has 2 N–H and O–H groups in total. The Morgan fingerprint density at radius 2 is 1.65 bits per heavy atom. The van der Waals surface area contributed by atoms with Crippen molar-refractivity contribution >= 4 is 22.4 Å². The van der Waals surface area contributed by atoms with Crippen molar-refractivity contribution in [2.45, 2.75) is 20.0 Å². The van der Waals surface area contributed by atoms with Gasteiger partial charge in [-0.05, 0) is 43.5 Å². The monoisotopic (exact) mass is 424 g/mol. The molecule has 0 saturated heterocycles. The van der Waals surface area contributed by atoms with Crippen LogP contribution in [0.5, 0.6) is 5.75 Å². The van der Waals surface area contributed by atoms with Crippen LogP contribution in [0.3, 0.4) is 0 Å². The van der Waals surface area contributed by atoms with Crippen molar-refractivity contribution in [1.82, 2.24) is 4.57 Å². The second-order valence-electron chi connectivity index (χ2n) is 7.27. The second kappa shape index (κ2) is 7.50. The third kappa shape index (κ3) is 3.63. The molecule has 0 aliphatic heterocycles. The number of rotatable bonds is 3. The fraction of sp³-hybridized carbons (Fsp3) is 0.125. The number of fused-ring (bicyclic) bond motifs is 1. The molecule has 4 nitrogen and oxygen atoms in total. The van der Waals surface area contributed by atoms with Gasteiger partial charge in [0, 0.05) is 16.8 Å². The van der Waals surface area contributed by atoms with Gasteiger partial charge in [0.25, 0.3) is 5.91 Å². The van der Waals surface area contributed by atoms with E-state index >= 15 is 0 Å². The summed E-state index contributed by atoms with van der Waals surface area (Å²) in [7, 11) is 0. The summed E-state index contributed by atoms with van der Waals surface area (Å²) in [5, 5.41) is 14.5. The third-order valence-electron chi connectivity index (χ3n) is 5.27. The summed E-state index contributed by atoms with van der Waals surface area (Å²) in [6.45, 7) is 3.24. The number of phenols is 1. The average molecular weight is 424 g/mol. The first-order valence-electron chi connectivity index (χ1n) is 9.56. The maximum absolute atomic E-state index is 13.5. The number of para-hydroxylation sites is 1. The number of carbonyl (C=O) groups excluding carboxylic acids is 1. The fourth-order valence-corrected chi connectivity index (χ4v) is 3.84. The van der Waals surface area contributed by atoms with Crippen molar-refractivity contribution in [2.24, 2.45) is 0 Å². The Bertz CT molecular complexity index is 1310. The molecule has 1 amide bonds. The highest BCUT2D eigenvalue weighted by atomic mass is 19.4. The molecule has 0 spiro atoms. The first-order chi connectivity index (χ1) is 14.7. The minimum atomic E-state index is -4.53. The van der Waals surface area contributed by atoms with E-state index in [0.29, 0.717) is 16.8 Å². The molecule has 0 unspecified atom stereocenters. The van der Waals surface area contributed by atoms with Crippen molar-refractivity contribution in [1.29, 1.82) is 0 Å². The van der Waals surface area contributed by atoms with Crippen molar-refractivity contribution in [3.63, 3.8) is 0 Å². The predicted molar refractivity (Wildman–Crippen MR) is 114 cm³/mol. The molecule has 4 rings (SSSR count). The van der Waals surface area contributed by atoms with Crippen LogP contribution in [0.4, 0.5) is 18.9 Å². The van der Waals surface area contributed by atoms with Gasteiger partial charge in [-0.25, -0.2) is 0 Å². The van der Waals surface area contributed by atoms with Crippen LogP contribution in [0.15, 0.2) is 66.7 Å². The second-order valence-corrected chi connectivity index (χ2v) is 7.27. The highest BCUT2D eigenvalue weighted by molar-refractivity contribution is 6.11. The number of hydrogen-bond acceptors (Lipinski definition) is 2. The summed E-state index contributed by atoms with van der Waals surface area (Å²) < 4.78 is 42.0. The maximum Gasteiger partial charge on any atom is 0.418 e. The Balaban J connectivity index is 1.78. The molecule has 4 aromatic rings. The predicted octanol–water partition coefficient (Wildman–Crippen LogP) is 6.22. The van der Waals surface area contributed by atoms with E-state index in [0.717, 1.165) is 11.5 Å². The number of aromatic hydroxyl groups is 1. The van der Waals surface area contributed by atoms with E-state index in [2.05, 4.69) is 5.32 Å². The van der Waals surface area contributed by atoms with Gasteiger partial charge in [0.1, 0.15) is 5.75 Å². The molecule has 3 aromatic carbocycles. The highest BCUT2D eigenvalue weighted by Gasteiger charge is 2.34. The van der Waals surface area contributed by atoms with E-state index in [-0.39, 0.29) is 22.7 Å². The van der Waals surface area contributed by atoms with Gasteiger partial charge in [0.15, 0.2) is 0 Å². The number of nitrogens with one attached hydrogen (secondary N) is 1. The van der Waals surface area contributed by atoms with Gasteiger partial charge >= 0.3 is 6.18 Å². The van der Waals surface area contributed by atoms with Crippen LogP contribution < -0.4 is 5.32 Å². The molecular formula is C24H19F3N2O2. The van der Waals surface area contributed by atoms with Gasteiger partial charge in [-0.3, -0.25) is 4.79 Å². The van der Waals surface area contributed by atoms with Gasteiger partial charge in [0.2, 0.25) is 0 Å². The third-order valence-corrected chi connectivity index (χ3v) is 5.27. The number of anilines is 1. The number of benzene rings is 3. The normalized spacial score (nSPS) is 11.6. The minimum Gasteiger partial charge on any atom is -0.506 e. The maximum atomic E-state index is 13.5. The number of alkyl halides is 3. The van der Waals surface area contributed by atoms with Crippen LogP contribution in [0, 0.1) is 13.8 Å². The van der Waals surface area contributed by atoms with Crippen LogP contribution in [-0.2, 0) is 6.18 Å². The Kier molecular flexibility index (Phi) is 4.97. The zero-order valence-electron chi connectivity index (χ0n) is 16.8. The Labute approximate surface area is 176 Å². The number of aromatic nitrogens is 1. The average Bonchev–Trinajstić information content (AvgIpc) is 3.03. The molecule has 1 heterocycles. The molecule has 0 fully saturated rings. The van der Waals surface area contributed by atoms with Crippen LogP contribution in [0.25, 0.3) is 16.5 Å². The first-order valence-corrected chi connectivity index (χ1v) is 9.56. The van der Waals surface area contributed by atoms with Crippen molar-refractivity contribution in [2.75, 3.05) is 5.32 Å². The smallest absolute Gasteiger partial charge is 0.418 e.